The summed E-state index contributed by atoms with van der Waals surface area (Å²) in [4.78, 5) is 0. The minimum atomic E-state index is 0.338. The van der Waals surface area contributed by atoms with Crippen molar-refractivity contribution in [2.24, 2.45) is 5.92 Å². The van der Waals surface area contributed by atoms with E-state index >= 15 is 0 Å². The molecular formula is C12H27NO. The van der Waals surface area contributed by atoms with Crippen molar-refractivity contribution in [3.05, 3.63) is 0 Å². The highest BCUT2D eigenvalue weighted by Crippen LogP contribution is 2.04. The summed E-state index contributed by atoms with van der Waals surface area (Å²) in [7, 11) is 0. The van der Waals surface area contributed by atoms with Crippen LogP contribution in [0.4, 0.5) is 0 Å². The second-order valence-corrected chi connectivity index (χ2v) is 4.78. The molecule has 0 rings (SSSR count). The van der Waals surface area contributed by atoms with E-state index < -0.39 is 0 Å². The SMILES string of the molecule is CC(C)CCCOC(C)CNC(C)C. The monoisotopic (exact) mass is 201 g/mol. The summed E-state index contributed by atoms with van der Waals surface area (Å²) in [5, 5.41) is 3.37. The molecular weight excluding hydrogens is 174 g/mol. The van der Waals surface area contributed by atoms with Gasteiger partial charge in [0.2, 0.25) is 0 Å². The van der Waals surface area contributed by atoms with Crippen molar-refractivity contribution in [3.8, 4) is 0 Å². The summed E-state index contributed by atoms with van der Waals surface area (Å²) in [6.07, 6.45) is 2.79. The Kier molecular flexibility index (Phi) is 8.20. The lowest BCUT2D eigenvalue weighted by Gasteiger charge is -2.16. The average Bonchev–Trinajstić information content (AvgIpc) is 2.08. The van der Waals surface area contributed by atoms with Gasteiger partial charge in [-0.25, -0.2) is 0 Å². The highest BCUT2D eigenvalue weighted by atomic mass is 16.5. The van der Waals surface area contributed by atoms with Gasteiger partial charge in [0.15, 0.2) is 0 Å². The Morgan fingerprint density at radius 2 is 1.71 bits per heavy atom. The Balaban J connectivity index is 3.22. The van der Waals surface area contributed by atoms with Gasteiger partial charge in [-0.3, -0.25) is 0 Å². The largest absolute Gasteiger partial charge is 0.377 e. The third-order valence-electron chi connectivity index (χ3n) is 2.14. The molecule has 86 valence electrons. The molecule has 0 saturated carbocycles. The van der Waals surface area contributed by atoms with Crippen LogP contribution < -0.4 is 5.32 Å². The van der Waals surface area contributed by atoms with Crippen LogP contribution in [-0.4, -0.2) is 25.3 Å². The van der Waals surface area contributed by atoms with Gasteiger partial charge in [0.25, 0.3) is 0 Å². The molecule has 1 N–H and O–H groups in total. The molecule has 0 spiro atoms. The van der Waals surface area contributed by atoms with Crippen molar-refractivity contribution in [3.63, 3.8) is 0 Å². The van der Waals surface area contributed by atoms with Gasteiger partial charge < -0.3 is 10.1 Å². The van der Waals surface area contributed by atoms with E-state index in [1.807, 2.05) is 0 Å². The smallest absolute Gasteiger partial charge is 0.0671 e. The first-order valence-corrected chi connectivity index (χ1v) is 5.87. The van der Waals surface area contributed by atoms with Crippen molar-refractivity contribution >= 4 is 0 Å². The fourth-order valence-electron chi connectivity index (χ4n) is 1.24. The Labute approximate surface area is 89.4 Å². The highest BCUT2D eigenvalue weighted by molar-refractivity contribution is 4.58. The van der Waals surface area contributed by atoms with Crippen molar-refractivity contribution in [1.29, 1.82) is 0 Å². The Morgan fingerprint density at radius 1 is 1.07 bits per heavy atom. The van der Waals surface area contributed by atoms with E-state index in [1.54, 1.807) is 0 Å². The predicted molar refractivity (Wildman–Crippen MR) is 62.6 cm³/mol. The van der Waals surface area contributed by atoms with Gasteiger partial charge in [-0.2, -0.15) is 0 Å². The Morgan fingerprint density at radius 3 is 2.21 bits per heavy atom. The minimum absolute atomic E-state index is 0.338. The summed E-state index contributed by atoms with van der Waals surface area (Å²) in [6, 6.07) is 0.553. The van der Waals surface area contributed by atoms with Gasteiger partial charge in [-0.05, 0) is 25.7 Å². The minimum Gasteiger partial charge on any atom is -0.377 e. The third kappa shape index (κ3) is 10.0. The first kappa shape index (κ1) is 13.9. The van der Waals surface area contributed by atoms with E-state index in [1.165, 1.54) is 12.8 Å². The van der Waals surface area contributed by atoms with Crippen molar-refractivity contribution in [1.82, 2.24) is 5.32 Å². The van der Waals surface area contributed by atoms with Gasteiger partial charge in [0.05, 0.1) is 6.10 Å². The quantitative estimate of drug-likeness (QED) is 0.610. The van der Waals surface area contributed by atoms with Crippen molar-refractivity contribution in [2.75, 3.05) is 13.2 Å². The molecule has 2 heteroatoms. The van der Waals surface area contributed by atoms with Crippen molar-refractivity contribution < 1.29 is 4.74 Å². The van der Waals surface area contributed by atoms with Crippen LogP contribution in [-0.2, 0) is 4.74 Å². The maximum Gasteiger partial charge on any atom is 0.0671 e. The zero-order chi connectivity index (χ0) is 11.0. The maximum atomic E-state index is 5.68. The summed E-state index contributed by atoms with van der Waals surface area (Å²) < 4.78 is 5.68. The number of nitrogens with one attached hydrogen (secondary N) is 1. The Bertz CT molecular complexity index is 123. The summed E-state index contributed by atoms with van der Waals surface area (Å²) in [5.74, 6) is 0.794. The van der Waals surface area contributed by atoms with Gasteiger partial charge in [0, 0.05) is 19.2 Å². The molecule has 1 unspecified atom stereocenters. The van der Waals surface area contributed by atoms with Crippen LogP contribution in [0.1, 0.15) is 47.5 Å². The number of ether oxygens (including phenoxy) is 1. The number of rotatable bonds is 8. The molecule has 14 heavy (non-hydrogen) atoms. The van der Waals surface area contributed by atoms with Crippen LogP contribution >= 0.6 is 0 Å². The fourth-order valence-corrected chi connectivity index (χ4v) is 1.24. The van der Waals surface area contributed by atoms with Gasteiger partial charge >= 0.3 is 0 Å². The second kappa shape index (κ2) is 8.25. The number of hydrogen-bond donors (Lipinski definition) is 1. The zero-order valence-corrected chi connectivity index (χ0v) is 10.5. The van der Waals surface area contributed by atoms with Gasteiger partial charge in [0.1, 0.15) is 0 Å². The van der Waals surface area contributed by atoms with Crippen LogP contribution in [0.3, 0.4) is 0 Å². The van der Waals surface area contributed by atoms with E-state index in [0.29, 0.717) is 12.1 Å². The molecule has 0 aromatic carbocycles. The Hall–Kier alpha value is -0.0800. The molecule has 2 nitrogen and oxygen atoms in total. The summed E-state index contributed by atoms with van der Waals surface area (Å²) >= 11 is 0. The molecule has 0 bridgehead atoms. The molecule has 0 aliphatic rings. The standard InChI is InChI=1S/C12H27NO/c1-10(2)7-6-8-14-12(5)9-13-11(3)4/h10-13H,6-9H2,1-5H3. The van der Waals surface area contributed by atoms with Crippen LogP contribution in [0.15, 0.2) is 0 Å². The van der Waals surface area contributed by atoms with E-state index in [-0.39, 0.29) is 0 Å². The van der Waals surface area contributed by atoms with Gasteiger partial charge in [-0.1, -0.05) is 27.7 Å². The highest BCUT2D eigenvalue weighted by Gasteiger charge is 2.02. The van der Waals surface area contributed by atoms with Crippen LogP contribution in [0.2, 0.25) is 0 Å². The molecule has 0 saturated heterocycles. The first-order chi connectivity index (χ1) is 6.52. The lowest BCUT2D eigenvalue weighted by atomic mass is 10.1. The van der Waals surface area contributed by atoms with E-state index in [4.69, 9.17) is 4.74 Å². The van der Waals surface area contributed by atoms with Crippen molar-refractivity contribution in [2.45, 2.75) is 59.6 Å². The lowest BCUT2D eigenvalue weighted by Crippen LogP contribution is -2.32. The molecule has 0 aromatic rings. The number of hydrogen-bond acceptors (Lipinski definition) is 2. The average molecular weight is 201 g/mol. The van der Waals surface area contributed by atoms with E-state index in [2.05, 4.69) is 39.9 Å². The topological polar surface area (TPSA) is 21.3 Å². The third-order valence-corrected chi connectivity index (χ3v) is 2.14. The molecule has 0 aliphatic heterocycles. The zero-order valence-electron chi connectivity index (χ0n) is 10.5. The van der Waals surface area contributed by atoms with Crippen LogP contribution in [0, 0.1) is 5.92 Å². The van der Waals surface area contributed by atoms with Crippen LogP contribution in [0.25, 0.3) is 0 Å². The maximum absolute atomic E-state index is 5.68. The molecule has 0 heterocycles. The van der Waals surface area contributed by atoms with Gasteiger partial charge in [-0.15, -0.1) is 0 Å². The first-order valence-electron chi connectivity index (χ1n) is 5.87. The van der Waals surface area contributed by atoms with E-state index in [0.717, 1.165) is 19.1 Å². The fraction of sp³-hybridized carbons (Fsp3) is 1.00. The molecule has 0 aromatic heterocycles. The molecule has 0 fully saturated rings. The molecule has 1 atom stereocenters. The molecule has 0 aliphatic carbocycles. The molecule has 0 radical (unpaired) electrons. The predicted octanol–water partition coefficient (Wildman–Crippen LogP) is 2.83. The summed E-state index contributed by atoms with van der Waals surface area (Å²) in [6.45, 7) is 12.8. The molecule has 0 amide bonds. The normalized spacial score (nSPS) is 13.9. The van der Waals surface area contributed by atoms with Crippen LogP contribution in [0.5, 0.6) is 0 Å². The second-order valence-electron chi connectivity index (χ2n) is 4.78. The summed E-state index contributed by atoms with van der Waals surface area (Å²) in [5.41, 5.74) is 0. The van der Waals surface area contributed by atoms with E-state index in [9.17, 15) is 0 Å². The lowest BCUT2D eigenvalue weighted by molar-refractivity contribution is 0.0606.